The number of carboxylic acid groups (broad SMARTS) is 1. The second-order valence-electron chi connectivity index (χ2n) is 5.23. The Balaban J connectivity index is 2.76. The molecule has 17 heavy (non-hydrogen) atoms. The number of rotatable bonds is 6. The average molecular weight is 239 g/mol. The summed E-state index contributed by atoms with van der Waals surface area (Å²) >= 11 is 0. The summed E-state index contributed by atoms with van der Waals surface area (Å²) in [6.45, 7) is 5.97. The fraction of sp³-hybridized carbons (Fsp3) is 0.750. The van der Waals surface area contributed by atoms with Gasteiger partial charge in [0.1, 0.15) is 5.82 Å². The Bertz CT molecular complexity index is 396. The zero-order chi connectivity index (χ0) is 13.1. The molecule has 0 atom stereocenters. The smallest absolute Gasteiger partial charge is 0.303 e. The maximum Gasteiger partial charge on any atom is 0.303 e. The second-order valence-corrected chi connectivity index (χ2v) is 5.23. The summed E-state index contributed by atoms with van der Waals surface area (Å²) in [6.07, 6.45) is 2.66. The van der Waals surface area contributed by atoms with E-state index in [1.165, 1.54) is 0 Å². The monoisotopic (exact) mass is 239 g/mol. The first-order valence-electron chi connectivity index (χ1n) is 5.94. The van der Waals surface area contributed by atoms with Crippen LogP contribution in [0.3, 0.4) is 0 Å². The lowest BCUT2D eigenvalue weighted by molar-refractivity contribution is -0.139. The topological polar surface area (TPSA) is 68.0 Å². The zero-order valence-electron chi connectivity index (χ0n) is 11.0. The predicted octanol–water partition coefficient (Wildman–Crippen LogP) is 1.81. The van der Waals surface area contributed by atoms with E-state index in [1.54, 1.807) is 4.68 Å². The Morgan fingerprint density at radius 2 is 2.12 bits per heavy atom. The molecule has 0 aliphatic rings. The summed E-state index contributed by atoms with van der Waals surface area (Å²) in [5.74, 6) is 0.932. The van der Waals surface area contributed by atoms with Crippen molar-refractivity contribution in [2.24, 2.45) is 12.5 Å². The number of aromatic nitrogens is 3. The van der Waals surface area contributed by atoms with Gasteiger partial charge in [0, 0.05) is 19.9 Å². The van der Waals surface area contributed by atoms with Gasteiger partial charge in [-0.05, 0) is 11.8 Å². The molecule has 1 aromatic rings. The Labute approximate surface area is 102 Å². The minimum atomic E-state index is -0.772. The third-order valence-corrected chi connectivity index (χ3v) is 2.64. The van der Waals surface area contributed by atoms with Crippen LogP contribution in [-0.4, -0.2) is 25.8 Å². The first-order valence-corrected chi connectivity index (χ1v) is 5.94. The van der Waals surface area contributed by atoms with Crippen molar-refractivity contribution in [2.75, 3.05) is 0 Å². The molecule has 0 aliphatic carbocycles. The number of carboxylic acids is 1. The van der Waals surface area contributed by atoms with Crippen molar-refractivity contribution in [1.29, 1.82) is 0 Å². The summed E-state index contributed by atoms with van der Waals surface area (Å²) in [5, 5.41) is 13.2. The molecule has 1 aromatic heterocycles. The average Bonchev–Trinajstić information content (AvgIpc) is 2.44. The third-order valence-electron chi connectivity index (χ3n) is 2.64. The summed E-state index contributed by atoms with van der Waals surface area (Å²) in [7, 11) is 1.86. The van der Waals surface area contributed by atoms with Gasteiger partial charge < -0.3 is 5.11 Å². The van der Waals surface area contributed by atoms with Crippen molar-refractivity contribution in [3.8, 4) is 0 Å². The molecule has 0 unspecified atom stereocenters. The summed E-state index contributed by atoms with van der Waals surface area (Å²) in [4.78, 5) is 15.2. The largest absolute Gasteiger partial charge is 0.481 e. The number of carbonyl (C=O) groups is 1. The molecular weight excluding hydrogens is 218 g/mol. The van der Waals surface area contributed by atoms with Gasteiger partial charge in [0.15, 0.2) is 5.82 Å². The van der Waals surface area contributed by atoms with Gasteiger partial charge in [-0.3, -0.25) is 9.48 Å². The summed E-state index contributed by atoms with van der Waals surface area (Å²) < 4.78 is 1.76. The van der Waals surface area contributed by atoms with Crippen LogP contribution in [0, 0.1) is 5.41 Å². The minimum Gasteiger partial charge on any atom is -0.481 e. The van der Waals surface area contributed by atoms with Gasteiger partial charge in [-0.2, -0.15) is 5.10 Å². The lowest BCUT2D eigenvalue weighted by Gasteiger charge is -2.21. The number of hydrogen-bond donors (Lipinski definition) is 1. The van der Waals surface area contributed by atoms with Crippen LogP contribution >= 0.6 is 0 Å². The van der Waals surface area contributed by atoms with Gasteiger partial charge in [0.05, 0.1) is 6.42 Å². The van der Waals surface area contributed by atoms with Gasteiger partial charge in [-0.15, -0.1) is 0 Å². The molecule has 1 N–H and O–H groups in total. The number of hydrogen-bond acceptors (Lipinski definition) is 3. The van der Waals surface area contributed by atoms with Crippen molar-refractivity contribution in [1.82, 2.24) is 14.8 Å². The van der Waals surface area contributed by atoms with E-state index in [1.807, 2.05) is 20.9 Å². The van der Waals surface area contributed by atoms with Crippen LogP contribution in [-0.2, 0) is 24.7 Å². The quantitative estimate of drug-likeness (QED) is 0.822. The summed E-state index contributed by atoms with van der Waals surface area (Å²) in [5.41, 5.74) is -0.296. The Hall–Kier alpha value is -1.39. The molecule has 0 saturated carbocycles. The maximum atomic E-state index is 10.8. The van der Waals surface area contributed by atoms with Crippen LogP contribution in [0.4, 0.5) is 0 Å². The van der Waals surface area contributed by atoms with Crippen LogP contribution in [0.5, 0.6) is 0 Å². The SMILES string of the molecule is CCCc1nc(CC(C)(C)CC(=O)O)n(C)n1. The first-order chi connectivity index (χ1) is 7.84. The fourth-order valence-electron chi connectivity index (χ4n) is 1.86. The highest BCUT2D eigenvalue weighted by Crippen LogP contribution is 2.25. The lowest BCUT2D eigenvalue weighted by Crippen LogP contribution is -2.21. The van der Waals surface area contributed by atoms with Crippen LogP contribution in [0.1, 0.15) is 45.3 Å². The van der Waals surface area contributed by atoms with E-state index in [9.17, 15) is 4.79 Å². The number of nitrogens with zero attached hydrogens (tertiary/aromatic N) is 3. The molecule has 0 bridgehead atoms. The molecule has 0 amide bonds. The molecule has 0 radical (unpaired) electrons. The first kappa shape index (κ1) is 13.7. The van der Waals surface area contributed by atoms with E-state index in [2.05, 4.69) is 17.0 Å². The molecule has 1 heterocycles. The highest BCUT2D eigenvalue weighted by atomic mass is 16.4. The van der Waals surface area contributed by atoms with Crippen LogP contribution < -0.4 is 0 Å². The molecule has 1 rings (SSSR count). The van der Waals surface area contributed by atoms with Gasteiger partial charge >= 0.3 is 5.97 Å². The normalized spacial score (nSPS) is 11.8. The Morgan fingerprint density at radius 3 is 2.65 bits per heavy atom. The zero-order valence-corrected chi connectivity index (χ0v) is 11.0. The van der Waals surface area contributed by atoms with Crippen LogP contribution in [0.15, 0.2) is 0 Å². The van der Waals surface area contributed by atoms with Gasteiger partial charge in [0.2, 0.25) is 0 Å². The van der Waals surface area contributed by atoms with E-state index >= 15 is 0 Å². The molecule has 5 heteroatoms. The fourth-order valence-corrected chi connectivity index (χ4v) is 1.86. The van der Waals surface area contributed by atoms with E-state index in [0.717, 1.165) is 24.5 Å². The third kappa shape index (κ3) is 4.17. The molecular formula is C12H21N3O2. The van der Waals surface area contributed by atoms with Crippen molar-refractivity contribution in [3.05, 3.63) is 11.6 Å². The van der Waals surface area contributed by atoms with Gasteiger partial charge in [-0.25, -0.2) is 4.98 Å². The lowest BCUT2D eigenvalue weighted by atomic mass is 9.85. The van der Waals surface area contributed by atoms with E-state index in [-0.39, 0.29) is 11.8 Å². The van der Waals surface area contributed by atoms with Crippen molar-refractivity contribution in [3.63, 3.8) is 0 Å². The molecule has 0 saturated heterocycles. The van der Waals surface area contributed by atoms with E-state index in [4.69, 9.17) is 5.11 Å². The number of aliphatic carboxylic acids is 1. The molecule has 0 aromatic carbocycles. The van der Waals surface area contributed by atoms with E-state index < -0.39 is 5.97 Å². The highest BCUT2D eigenvalue weighted by molar-refractivity contribution is 5.67. The van der Waals surface area contributed by atoms with Crippen molar-refractivity contribution < 1.29 is 9.90 Å². The molecule has 0 fully saturated rings. The van der Waals surface area contributed by atoms with E-state index in [0.29, 0.717) is 6.42 Å². The predicted molar refractivity (Wildman–Crippen MR) is 64.7 cm³/mol. The van der Waals surface area contributed by atoms with Crippen LogP contribution in [0.25, 0.3) is 0 Å². The van der Waals surface area contributed by atoms with Gasteiger partial charge in [0.25, 0.3) is 0 Å². The summed E-state index contributed by atoms with van der Waals surface area (Å²) in [6, 6.07) is 0. The minimum absolute atomic E-state index is 0.142. The Morgan fingerprint density at radius 1 is 1.47 bits per heavy atom. The molecule has 0 aliphatic heterocycles. The molecule has 96 valence electrons. The highest BCUT2D eigenvalue weighted by Gasteiger charge is 2.24. The van der Waals surface area contributed by atoms with Gasteiger partial charge in [-0.1, -0.05) is 20.8 Å². The number of aryl methyl sites for hydroxylation is 2. The second kappa shape index (κ2) is 5.29. The van der Waals surface area contributed by atoms with Crippen molar-refractivity contribution in [2.45, 2.75) is 46.5 Å². The van der Waals surface area contributed by atoms with Crippen molar-refractivity contribution >= 4 is 5.97 Å². The van der Waals surface area contributed by atoms with Crippen LogP contribution in [0.2, 0.25) is 0 Å². The molecule has 0 spiro atoms. The standard InChI is InChI=1S/C12H21N3O2/c1-5-6-9-13-10(15(4)14-9)7-12(2,3)8-11(16)17/h5-8H2,1-4H3,(H,16,17). The molecule has 5 nitrogen and oxygen atoms in total. The Kier molecular flexibility index (Phi) is 4.26. The maximum absolute atomic E-state index is 10.8.